The van der Waals surface area contributed by atoms with Crippen LogP contribution in [0.2, 0.25) is 0 Å². The number of rotatable bonds is 6. The second-order valence-corrected chi connectivity index (χ2v) is 7.15. The molecule has 0 radical (unpaired) electrons. The minimum Gasteiger partial charge on any atom is -0.489 e. The number of piperidine rings is 3. The third-order valence-electron chi connectivity index (χ3n) is 5.48. The second-order valence-electron chi connectivity index (χ2n) is 7.15. The Labute approximate surface area is 148 Å². The Morgan fingerprint density at radius 3 is 2.68 bits per heavy atom. The van der Waals surface area contributed by atoms with Crippen LogP contribution >= 0.6 is 0 Å². The average Bonchev–Trinajstić information content (AvgIpc) is 2.67. The normalized spacial score (nSPS) is 25.1. The lowest BCUT2D eigenvalue weighted by atomic mass is 9.84. The van der Waals surface area contributed by atoms with Crippen LogP contribution in [-0.4, -0.2) is 30.6 Å². The molecule has 1 N–H and O–H groups in total. The molecule has 3 aliphatic heterocycles. The van der Waals surface area contributed by atoms with Gasteiger partial charge < -0.3 is 15.0 Å². The van der Waals surface area contributed by atoms with Crippen molar-refractivity contribution in [1.82, 2.24) is 10.2 Å². The summed E-state index contributed by atoms with van der Waals surface area (Å²) in [4.78, 5) is 2.56. The third kappa shape index (κ3) is 4.02. The Morgan fingerprint density at radius 2 is 1.92 bits per heavy atom. The van der Waals surface area contributed by atoms with Gasteiger partial charge in [0.05, 0.1) is 0 Å². The zero-order valence-electron chi connectivity index (χ0n) is 14.5. The number of benzene rings is 2. The lowest BCUT2D eigenvalue weighted by Gasteiger charge is -2.45. The lowest BCUT2D eigenvalue weighted by Crippen LogP contribution is -2.55. The van der Waals surface area contributed by atoms with Gasteiger partial charge in [0.1, 0.15) is 18.2 Å². The number of hydrogen-bond donors (Lipinski definition) is 1. The zero-order valence-corrected chi connectivity index (χ0v) is 14.5. The molecule has 1 unspecified atom stereocenters. The first-order valence-corrected chi connectivity index (χ1v) is 9.19. The SMILES string of the molecule is Fc1ccccc1COc1cccc(CNC2CN3CCC2CC3)c1. The highest BCUT2D eigenvalue weighted by molar-refractivity contribution is 5.29. The summed E-state index contributed by atoms with van der Waals surface area (Å²) in [5.41, 5.74) is 1.79. The Balaban J connectivity index is 1.33. The molecule has 0 aliphatic carbocycles. The molecule has 25 heavy (non-hydrogen) atoms. The van der Waals surface area contributed by atoms with Gasteiger partial charge in [0.2, 0.25) is 0 Å². The molecule has 5 rings (SSSR count). The maximum atomic E-state index is 13.7. The molecule has 3 saturated heterocycles. The predicted molar refractivity (Wildman–Crippen MR) is 97.0 cm³/mol. The summed E-state index contributed by atoms with van der Waals surface area (Å²) in [7, 11) is 0. The van der Waals surface area contributed by atoms with E-state index < -0.39 is 0 Å². The quantitative estimate of drug-likeness (QED) is 0.870. The minimum atomic E-state index is -0.220. The number of fused-ring (bicyclic) bond motifs is 3. The van der Waals surface area contributed by atoms with Crippen LogP contribution in [0.25, 0.3) is 0 Å². The molecule has 2 aromatic rings. The fraction of sp³-hybridized carbons (Fsp3) is 0.429. The van der Waals surface area contributed by atoms with Gasteiger partial charge >= 0.3 is 0 Å². The standard InChI is InChI=1S/C21H25FN2O/c22-20-7-2-1-5-18(20)15-25-19-6-3-4-16(12-19)13-23-21-14-24-10-8-17(21)9-11-24/h1-7,12,17,21,23H,8-11,13-15H2. The van der Waals surface area contributed by atoms with E-state index in [1.165, 1.54) is 44.1 Å². The van der Waals surface area contributed by atoms with Crippen molar-refractivity contribution in [2.24, 2.45) is 5.92 Å². The number of ether oxygens (including phenoxy) is 1. The van der Waals surface area contributed by atoms with Gasteiger partial charge in [-0.05, 0) is 55.6 Å². The molecular weight excluding hydrogens is 315 g/mol. The first kappa shape index (κ1) is 16.6. The summed E-state index contributed by atoms with van der Waals surface area (Å²) in [5, 5.41) is 3.72. The molecule has 1 atom stereocenters. The predicted octanol–water partition coefficient (Wildman–Crippen LogP) is 3.59. The summed E-state index contributed by atoms with van der Waals surface area (Å²) in [6.45, 7) is 4.81. The molecule has 3 fully saturated rings. The van der Waals surface area contributed by atoms with Crippen LogP contribution in [0.4, 0.5) is 4.39 Å². The smallest absolute Gasteiger partial charge is 0.129 e. The van der Waals surface area contributed by atoms with Gasteiger partial charge in [-0.1, -0.05) is 30.3 Å². The molecule has 0 spiro atoms. The first-order chi connectivity index (χ1) is 12.3. The van der Waals surface area contributed by atoms with E-state index in [1.807, 2.05) is 18.2 Å². The second kappa shape index (κ2) is 7.54. The van der Waals surface area contributed by atoms with Crippen molar-refractivity contribution in [3.05, 3.63) is 65.5 Å². The summed E-state index contributed by atoms with van der Waals surface area (Å²) in [6, 6.07) is 15.4. The Morgan fingerprint density at radius 1 is 1.08 bits per heavy atom. The van der Waals surface area contributed by atoms with Crippen molar-refractivity contribution in [3.8, 4) is 5.75 Å². The summed E-state index contributed by atoms with van der Waals surface area (Å²) < 4.78 is 19.5. The Hall–Kier alpha value is -1.91. The largest absolute Gasteiger partial charge is 0.489 e. The van der Waals surface area contributed by atoms with Crippen LogP contribution in [0.15, 0.2) is 48.5 Å². The fourth-order valence-electron chi connectivity index (χ4n) is 3.97. The van der Waals surface area contributed by atoms with Crippen molar-refractivity contribution in [2.45, 2.75) is 32.0 Å². The van der Waals surface area contributed by atoms with Gasteiger partial charge in [-0.15, -0.1) is 0 Å². The van der Waals surface area contributed by atoms with Gasteiger partial charge in [-0.3, -0.25) is 0 Å². The van der Waals surface area contributed by atoms with Crippen molar-refractivity contribution in [2.75, 3.05) is 19.6 Å². The van der Waals surface area contributed by atoms with Crippen LogP contribution in [-0.2, 0) is 13.2 Å². The molecule has 3 nitrogen and oxygen atoms in total. The van der Waals surface area contributed by atoms with Gasteiger partial charge in [-0.25, -0.2) is 4.39 Å². The van der Waals surface area contributed by atoms with Crippen LogP contribution in [0.3, 0.4) is 0 Å². The van der Waals surface area contributed by atoms with E-state index in [9.17, 15) is 4.39 Å². The lowest BCUT2D eigenvalue weighted by molar-refractivity contribution is 0.0720. The number of hydrogen-bond acceptors (Lipinski definition) is 3. The third-order valence-corrected chi connectivity index (χ3v) is 5.48. The van der Waals surface area contributed by atoms with E-state index in [4.69, 9.17) is 4.74 Å². The number of nitrogens with zero attached hydrogens (tertiary/aromatic N) is 1. The Kier molecular flexibility index (Phi) is 4.99. The topological polar surface area (TPSA) is 24.5 Å². The van der Waals surface area contributed by atoms with Gasteiger partial charge in [0.15, 0.2) is 0 Å². The van der Waals surface area contributed by atoms with Crippen LogP contribution < -0.4 is 10.1 Å². The number of nitrogens with one attached hydrogen (secondary N) is 1. The molecule has 3 aliphatic rings. The van der Waals surface area contributed by atoms with E-state index in [-0.39, 0.29) is 12.4 Å². The molecule has 3 heterocycles. The molecule has 0 amide bonds. The highest BCUT2D eigenvalue weighted by Crippen LogP contribution is 2.27. The summed E-state index contributed by atoms with van der Waals surface area (Å²) in [6.07, 6.45) is 2.65. The monoisotopic (exact) mass is 340 g/mol. The number of halogens is 1. The maximum Gasteiger partial charge on any atom is 0.129 e. The van der Waals surface area contributed by atoms with Gasteiger partial charge in [0.25, 0.3) is 0 Å². The molecule has 2 bridgehead atoms. The van der Waals surface area contributed by atoms with E-state index >= 15 is 0 Å². The van der Waals surface area contributed by atoms with Crippen molar-refractivity contribution in [3.63, 3.8) is 0 Å². The van der Waals surface area contributed by atoms with Crippen LogP contribution in [0.5, 0.6) is 5.75 Å². The van der Waals surface area contributed by atoms with E-state index in [0.29, 0.717) is 11.6 Å². The van der Waals surface area contributed by atoms with Gasteiger partial charge in [0, 0.05) is 24.7 Å². The molecule has 0 aromatic heterocycles. The highest BCUT2D eigenvalue weighted by atomic mass is 19.1. The maximum absolute atomic E-state index is 13.7. The van der Waals surface area contributed by atoms with E-state index in [1.54, 1.807) is 12.1 Å². The highest BCUT2D eigenvalue weighted by Gasteiger charge is 2.33. The van der Waals surface area contributed by atoms with Crippen molar-refractivity contribution < 1.29 is 9.13 Å². The summed E-state index contributed by atoms with van der Waals surface area (Å²) >= 11 is 0. The van der Waals surface area contributed by atoms with Crippen molar-refractivity contribution >= 4 is 0 Å². The molecule has 0 saturated carbocycles. The molecular formula is C21H25FN2O. The van der Waals surface area contributed by atoms with Crippen molar-refractivity contribution in [1.29, 1.82) is 0 Å². The summed E-state index contributed by atoms with van der Waals surface area (Å²) in [5.74, 6) is 1.39. The van der Waals surface area contributed by atoms with Gasteiger partial charge in [-0.2, -0.15) is 0 Å². The Bertz CT molecular complexity index is 713. The van der Waals surface area contributed by atoms with Crippen LogP contribution in [0.1, 0.15) is 24.0 Å². The first-order valence-electron chi connectivity index (χ1n) is 9.19. The molecule has 2 aromatic carbocycles. The molecule has 132 valence electrons. The fourth-order valence-corrected chi connectivity index (χ4v) is 3.97. The van der Waals surface area contributed by atoms with Crippen LogP contribution in [0, 0.1) is 11.7 Å². The van der Waals surface area contributed by atoms with E-state index in [2.05, 4.69) is 22.3 Å². The average molecular weight is 340 g/mol. The zero-order chi connectivity index (χ0) is 17.1. The van der Waals surface area contributed by atoms with E-state index in [0.717, 1.165) is 18.2 Å². The minimum absolute atomic E-state index is 0.220. The molecule has 4 heteroatoms.